The Hall–Kier alpha value is -1.39. The van der Waals surface area contributed by atoms with Crippen LogP contribution in [0.25, 0.3) is 0 Å². The Labute approximate surface area is 134 Å². The molecule has 2 aromatic rings. The zero-order valence-electron chi connectivity index (χ0n) is 11.7. The summed E-state index contributed by atoms with van der Waals surface area (Å²) in [4.78, 5) is 11.7. The first kappa shape index (κ1) is 16.0. The molecule has 0 aliphatic carbocycles. The molecule has 0 unspecified atom stereocenters. The van der Waals surface area contributed by atoms with E-state index >= 15 is 0 Å². The Morgan fingerprint density at radius 2 is 2.05 bits per heavy atom. The molecule has 0 saturated carbocycles. The maximum atomic E-state index is 11.7. The lowest BCUT2D eigenvalue weighted by atomic mass is 10.1. The van der Waals surface area contributed by atoms with Crippen molar-refractivity contribution in [1.82, 2.24) is 5.32 Å². The van der Waals surface area contributed by atoms with Crippen LogP contribution in [-0.2, 0) is 17.0 Å². The molecule has 0 bridgehead atoms. The third kappa shape index (κ3) is 6.27. The van der Waals surface area contributed by atoms with E-state index in [0.717, 1.165) is 34.3 Å². The fraction of sp³-hybridized carbons (Fsp3) is 0.312. The van der Waals surface area contributed by atoms with Gasteiger partial charge in [-0.1, -0.05) is 23.7 Å². The van der Waals surface area contributed by atoms with Crippen molar-refractivity contribution in [2.24, 2.45) is 0 Å². The summed E-state index contributed by atoms with van der Waals surface area (Å²) in [5.41, 5.74) is 1.13. The number of halogens is 1. The standard InChI is InChI=1S/C16H18ClNO2S/c17-14-6-3-13(4-7-14)5-8-16(19)18-9-11-21-12-15-2-1-10-20-15/h1-4,6-7,10H,5,8-9,11-12H2,(H,18,19). The van der Waals surface area contributed by atoms with Gasteiger partial charge in [-0.25, -0.2) is 0 Å². The van der Waals surface area contributed by atoms with Crippen molar-refractivity contribution >= 4 is 29.3 Å². The summed E-state index contributed by atoms with van der Waals surface area (Å²) in [6, 6.07) is 11.4. The number of nitrogens with one attached hydrogen (secondary N) is 1. The second-order valence-corrected chi connectivity index (χ2v) is 6.15. The number of amides is 1. The molecule has 1 heterocycles. The van der Waals surface area contributed by atoms with Gasteiger partial charge in [0.25, 0.3) is 0 Å². The Kier molecular flexibility index (Phi) is 6.70. The normalized spacial score (nSPS) is 10.5. The van der Waals surface area contributed by atoms with Crippen molar-refractivity contribution < 1.29 is 9.21 Å². The van der Waals surface area contributed by atoms with Crippen LogP contribution in [-0.4, -0.2) is 18.2 Å². The Balaban J connectivity index is 1.54. The minimum atomic E-state index is 0.0866. The summed E-state index contributed by atoms with van der Waals surface area (Å²) in [6.45, 7) is 0.685. The molecule has 2 rings (SSSR count). The Morgan fingerprint density at radius 1 is 1.24 bits per heavy atom. The number of benzene rings is 1. The largest absolute Gasteiger partial charge is 0.468 e. The SMILES string of the molecule is O=C(CCc1ccc(Cl)cc1)NCCSCc1ccco1. The van der Waals surface area contributed by atoms with Gasteiger partial charge in [0.1, 0.15) is 5.76 Å². The lowest BCUT2D eigenvalue weighted by Crippen LogP contribution is -2.25. The van der Waals surface area contributed by atoms with E-state index in [1.165, 1.54) is 0 Å². The van der Waals surface area contributed by atoms with Crippen LogP contribution in [0, 0.1) is 0 Å². The molecular weight excluding hydrogens is 306 g/mol. The van der Waals surface area contributed by atoms with Gasteiger partial charge in [-0.2, -0.15) is 11.8 Å². The number of hydrogen-bond donors (Lipinski definition) is 1. The molecule has 1 aromatic carbocycles. The van der Waals surface area contributed by atoms with E-state index < -0.39 is 0 Å². The zero-order valence-corrected chi connectivity index (χ0v) is 13.3. The number of thioether (sulfide) groups is 1. The van der Waals surface area contributed by atoms with Crippen molar-refractivity contribution in [3.8, 4) is 0 Å². The van der Waals surface area contributed by atoms with Gasteiger partial charge in [0.2, 0.25) is 5.91 Å². The van der Waals surface area contributed by atoms with E-state index in [2.05, 4.69) is 5.32 Å². The van der Waals surface area contributed by atoms with Crippen molar-refractivity contribution in [1.29, 1.82) is 0 Å². The summed E-state index contributed by atoms with van der Waals surface area (Å²) in [7, 11) is 0. The van der Waals surface area contributed by atoms with Crippen molar-refractivity contribution in [3.05, 3.63) is 59.0 Å². The molecule has 3 nitrogen and oxygen atoms in total. The van der Waals surface area contributed by atoms with Gasteiger partial charge in [0, 0.05) is 23.7 Å². The smallest absolute Gasteiger partial charge is 0.220 e. The van der Waals surface area contributed by atoms with E-state index in [1.807, 2.05) is 36.4 Å². The fourth-order valence-electron chi connectivity index (χ4n) is 1.83. The zero-order chi connectivity index (χ0) is 14.9. The second kappa shape index (κ2) is 8.80. The van der Waals surface area contributed by atoms with Gasteiger partial charge in [0.15, 0.2) is 0 Å². The van der Waals surface area contributed by atoms with Gasteiger partial charge < -0.3 is 9.73 Å². The van der Waals surface area contributed by atoms with Crippen LogP contribution < -0.4 is 5.32 Å². The van der Waals surface area contributed by atoms with Crippen LogP contribution in [0.15, 0.2) is 47.1 Å². The molecule has 5 heteroatoms. The van der Waals surface area contributed by atoms with E-state index in [1.54, 1.807) is 18.0 Å². The van der Waals surface area contributed by atoms with Gasteiger partial charge in [-0.05, 0) is 36.2 Å². The number of aryl methyl sites for hydroxylation is 1. The predicted octanol–water partition coefficient (Wildman–Crippen LogP) is 3.92. The average Bonchev–Trinajstić information content (AvgIpc) is 2.99. The quantitative estimate of drug-likeness (QED) is 0.749. The highest BCUT2D eigenvalue weighted by Crippen LogP contribution is 2.12. The Bertz CT molecular complexity index is 540. The number of carbonyl (C=O) groups is 1. The summed E-state index contributed by atoms with van der Waals surface area (Å²) >= 11 is 7.57. The van der Waals surface area contributed by atoms with Crippen molar-refractivity contribution in [2.75, 3.05) is 12.3 Å². The molecule has 0 saturated heterocycles. The highest BCUT2D eigenvalue weighted by Gasteiger charge is 2.02. The molecule has 112 valence electrons. The molecule has 0 aliphatic heterocycles. The molecule has 0 spiro atoms. The van der Waals surface area contributed by atoms with Gasteiger partial charge in [-0.15, -0.1) is 0 Å². The summed E-state index contributed by atoms with van der Waals surface area (Å²) in [5.74, 6) is 2.78. The first-order chi connectivity index (χ1) is 10.2. The predicted molar refractivity (Wildman–Crippen MR) is 87.7 cm³/mol. The fourth-order valence-corrected chi connectivity index (χ4v) is 2.71. The monoisotopic (exact) mass is 323 g/mol. The number of hydrogen-bond acceptors (Lipinski definition) is 3. The average molecular weight is 324 g/mol. The molecule has 0 aliphatic rings. The lowest BCUT2D eigenvalue weighted by molar-refractivity contribution is -0.120. The molecular formula is C16H18ClNO2S. The van der Waals surface area contributed by atoms with Crippen LogP contribution in [0.4, 0.5) is 0 Å². The summed E-state index contributed by atoms with van der Waals surface area (Å²) in [5, 5.41) is 3.65. The molecule has 0 atom stereocenters. The number of carbonyl (C=O) groups excluding carboxylic acids is 1. The molecule has 0 fully saturated rings. The van der Waals surface area contributed by atoms with Crippen LogP contribution in [0.3, 0.4) is 0 Å². The second-order valence-electron chi connectivity index (χ2n) is 4.61. The lowest BCUT2D eigenvalue weighted by Gasteiger charge is -2.05. The third-order valence-electron chi connectivity index (χ3n) is 2.95. The van der Waals surface area contributed by atoms with Crippen LogP contribution in [0.2, 0.25) is 5.02 Å². The maximum Gasteiger partial charge on any atom is 0.220 e. The van der Waals surface area contributed by atoms with Crippen LogP contribution in [0.1, 0.15) is 17.7 Å². The van der Waals surface area contributed by atoms with Crippen molar-refractivity contribution in [2.45, 2.75) is 18.6 Å². The van der Waals surface area contributed by atoms with Crippen LogP contribution >= 0.6 is 23.4 Å². The van der Waals surface area contributed by atoms with Crippen LogP contribution in [0.5, 0.6) is 0 Å². The van der Waals surface area contributed by atoms with Gasteiger partial charge in [-0.3, -0.25) is 4.79 Å². The highest BCUT2D eigenvalue weighted by atomic mass is 35.5. The minimum Gasteiger partial charge on any atom is -0.468 e. The first-order valence-electron chi connectivity index (χ1n) is 6.85. The molecule has 1 amide bonds. The molecule has 1 N–H and O–H groups in total. The topological polar surface area (TPSA) is 42.2 Å². The third-order valence-corrected chi connectivity index (χ3v) is 4.18. The summed E-state index contributed by atoms with van der Waals surface area (Å²) < 4.78 is 5.24. The van der Waals surface area contributed by atoms with E-state index in [0.29, 0.717) is 13.0 Å². The highest BCUT2D eigenvalue weighted by molar-refractivity contribution is 7.98. The maximum absolute atomic E-state index is 11.7. The number of rotatable bonds is 8. The Morgan fingerprint density at radius 3 is 2.76 bits per heavy atom. The van der Waals surface area contributed by atoms with Gasteiger partial charge in [0.05, 0.1) is 12.0 Å². The molecule has 1 aromatic heterocycles. The minimum absolute atomic E-state index is 0.0866. The number of furan rings is 1. The van der Waals surface area contributed by atoms with E-state index in [4.69, 9.17) is 16.0 Å². The first-order valence-corrected chi connectivity index (χ1v) is 8.38. The molecule has 21 heavy (non-hydrogen) atoms. The summed E-state index contributed by atoms with van der Waals surface area (Å²) in [6.07, 6.45) is 2.92. The van der Waals surface area contributed by atoms with E-state index in [-0.39, 0.29) is 5.91 Å². The van der Waals surface area contributed by atoms with E-state index in [9.17, 15) is 4.79 Å². The van der Waals surface area contributed by atoms with Crippen molar-refractivity contribution in [3.63, 3.8) is 0 Å². The van der Waals surface area contributed by atoms with Gasteiger partial charge >= 0.3 is 0 Å². The molecule has 0 radical (unpaired) electrons.